The van der Waals surface area contributed by atoms with Crippen molar-refractivity contribution in [3.63, 3.8) is 0 Å². The lowest BCUT2D eigenvalue weighted by Gasteiger charge is -2.14. The molecule has 0 N–H and O–H groups in total. The summed E-state index contributed by atoms with van der Waals surface area (Å²) in [6.45, 7) is 3.30. The largest absolute Gasteiger partial charge is 0.461 e. The van der Waals surface area contributed by atoms with E-state index in [0.29, 0.717) is 11.3 Å². The standard InChI is InChI=1S/C18H19NO4S/c1-3-13(2)23-16(20)12-19-17(21)15(24-18(19)22)11-7-10-14-8-5-4-6-9-14/h4-11,13H,3,12H2,1-2H3/b10-7+,15-11+/t13-/m0/s1. The van der Waals surface area contributed by atoms with E-state index in [-0.39, 0.29) is 12.6 Å². The number of hydrogen-bond acceptors (Lipinski definition) is 5. The van der Waals surface area contributed by atoms with Crippen LogP contribution in [0.3, 0.4) is 0 Å². The third-order valence-electron chi connectivity index (χ3n) is 3.40. The molecular weight excluding hydrogens is 326 g/mol. The number of amides is 2. The molecule has 5 nitrogen and oxygen atoms in total. The molecule has 1 aromatic carbocycles. The Morgan fingerprint density at radius 1 is 1.29 bits per heavy atom. The van der Waals surface area contributed by atoms with E-state index < -0.39 is 17.1 Å². The fourth-order valence-electron chi connectivity index (χ4n) is 1.94. The highest BCUT2D eigenvalue weighted by molar-refractivity contribution is 8.18. The Hall–Kier alpha value is -2.34. The summed E-state index contributed by atoms with van der Waals surface area (Å²) in [6, 6.07) is 9.61. The van der Waals surface area contributed by atoms with E-state index in [1.807, 2.05) is 43.3 Å². The average Bonchev–Trinajstić information content (AvgIpc) is 2.83. The van der Waals surface area contributed by atoms with E-state index in [9.17, 15) is 14.4 Å². The molecule has 2 amide bonds. The van der Waals surface area contributed by atoms with Crippen LogP contribution in [0.5, 0.6) is 0 Å². The number of nitrogens with zero attached hydrogens (tertiary/aromatic N) is 1. The maximum Gasteiger partial charge on any atom is 0.326 e. The number of rotatable bonds is 6. The topological polar surface area (TPSA) is 63.7 Å². The fourth-order valence-corrected chi connectivity index (χ4v) is 2.73. The molecule has 1 heterocycles. The molecule has 1 fully saturated rings. The highest BCUT2D eigenvalue weighted by atomic mass is 32.2. The van der Waals surface area contributed by atoms with Crippen LogP contribution in [0.1, 0.15) is 25.8 Å². The minimum Gasteiger partial charge on any atom is -0.461 e. The quantitative estimate of drug-likeness (QED) is 0.582. The number of carbonyl (C=O) groups excluding carboxylic acids is 3. The van der Waals surface area contributed by atoms with E-state index >= 15 is 0 Å². The Labute approximate surface area is 145 Å². The van der Waals surface area contributed by atoms with Gasteiger partial charge in [0, 0.05) is 0 Å². The number of ether oxygens (including phenoxy) is 1. The minimum atomic E-state index is -0.576. The highest BCUT2D eigenvalue weighted by Crippen LogP contribution is 2.30. The Morgan fingerprint density at radius 3 is 2.67 bits per heavy atom. The first-order chi connectivity index (χ1) is 11.5. The van der Waals surface area contributed by atoms with Crippen LogP contribution in [0, 0.1) is 0 Å². The number of imide groups is 1. The second-order valence-corrected chi connectivity index (χ2v) is 6.26. The van der Waals surface area contributed by atoms with Crippen molar-refractivity contribution in [3.8, 4) is 0 Å². The summed E-state index contributed by atoms with van der Waals surface area (Å²) < 4.78 is 5.10. The number of carbonyl (C=O) groups is 3. The molecule has 0 saturated carbocycles. The van der Waals surface area contributed by atoms with Crippen molar-refractivity contribution < 1.29 is 19.1 Å². The Balaban J connectivity index is 1.99. The zero-order valence-corrected chi connectivity index (χ0v) is 14.4. The summed E-state index contributed by atoms with van der Waals surface area (Å²) in [7, 11) is 0. The van der Waals surface area contributed by atoms with E-state index in [2.05, 4.69) is 0 Å². The second kappa shape index (κ2) is 8.49. The molecule has 1 aliphatic rings. The molecule has 24 heavy (non-hydrogen) atoms. The highest BCUT2D eigenvalue weighted by Gasteiger charge is 2.36. The predicted molar refractivity (Wildman–Crippen MR) is 94.1 cm³/mol. The van der Waals surface area contributed by atoms with Gasteiger partial charge in [0.05, 0.1) is 11.0 Å². The lowest BCUT2D eigenvalue weighted by molar-refractivity contribution is -0.150. The first-order valence-corrected chi connectivity index (χ1v) is 8.49. The number of benzene rings is 1. The number of thioether (sulfide) groups is 1. The van der Waals surface area contributed by atoms with Gasteiger partial charge in [0.2, 0.25) is 0 Å². The van der Waals surface area contributed by atoms with Crippen LogP contribution in [-0.4, -0.2) is 34.7 Å². The summed E-state index contributed by atoms with van der Waals surface area (Å²) in [5, 5.41) is -0.458. The predicted octanol–water partition coefficient (Wildman–Crippen LogP) is 3.62. The van der Waals surface area contributed by atoms with Crippen molar-refractivity contribution in [2.45, 2.75) is 26.4 Å². The molecule has 1 saturated heterocycles. The maximum atomic E-state index is 12.2. The first-order valence-electron chi connectivity index (χ1n) is 7.67. The molecule has 0 aromatic heterocycles. The van der Waals surface area contributed by atoms with E-state index in [0.717, 1.165) is 22.2 Å². The maximum absolute atomic E-state index is 12.2. The van der Waals surface area contributed by atoms with Crippen LogP contribution in [0.25, 0.3) is 6.08 Å². The lowest BCUT2D eigenvalue weighted by atomic mass is 10.2. The number of allylic oxidation sites excluding steroid dienone is 2. The van der Waals surface area contributed by atoms with E-state index in [1.54, 1.807) is 19.1 Å². The molecule has 0 radical (unpaired) electrons. The average molecular weight is 345 g/mol. The van der Waals surface area contributed by atoms with Crippen molar-refractivity contribution in [2.24, 2.45) is 0 Å². The summed E-state index contributed by atoms with van der Waals surface area (Å²) >= 11 is 0.823. The Bertz CT molecular complexity index is 682. The van der Waals surface area contributed by atoms with Crippen molar-refractivity contribution in [1.29, 1.82) is 0 Å². The van der Waals surface area contributed by atoms with Gasteiger partial charge in [-0.2, -0.15) is 0 Å². The van der Waals surface area contributed by atoms with Crippen LogP contribution < -0.4 is 0 Å². The third-order valence-corrected chi connectivity index (χ3v) is 4.33. The molecule has 0 unspecified atom stereocenters. The van der Waals surface area contributed by atoms with Gasteiger partial charge >= 0.3 is 5.97 Å². The molecule has 0 spiro atoms. The van der Waals surface area contributed by atoms with E-state index in [1.165, 1.54) is 0 Å². The van der Waals surface area contributed by atoms with Crippen molar-refractivity contribution >= 4 is 35.0 Å². The normalized spacial score (nSPS) is 17.8. The minimum absolute atomic E-state index is 0.234. The van der Waals surface area contributed by atoms with Gasteiger partial charge in [-0.3, -0.25) is 19.3 Å². The zero-order valence-electron chi connectivity index (χ0n) is 13.6. The summed E-state index contributed by atoms with van der Waals surface area (Å²) in [6.07, 6.45) is 5.58. The van der Waals surface area contributed by atoms with Gasteiger partial charge in [-0.1, -0.05) is 49.4 Å². The lowest BCUT2D eigenvalue weighted by Crippen LogP contribution is -2.35. The summed E-state index contributed by atoms with van der Waals surface area (Å²) in [4.78, 5) is 37.1. The van der Waals surface area contributed by atoms with Gasteiger partial charge in [0.25, 0.3) is 11.1 Å². The van der Waals surface area contributed by atoms with Crippen molar-refractivity contribution in [3.05, 3.63) is 53.0 Å². The van der Waals surface area contributed by atoms with Gasteiger partial charge in [-0.15, -0.1) is 0 Å². The first kappa shape index (κ1) is 18.0. The number of hydrogen-bond donors (Lipinski definition) is 0. The Morgan fingerprint density at radius 2 is 2.00 bits per heavy atom. The second-order valence-electron chi connectivity index (χ2n) is 5.27. The van der Waals surface area contributed by atoms with Gasteiger partial charge in [-0.05, 0) is 36.7 Å². The Kier molecular flexibility index (Phi) is 6.37. The zero-order chi connectivity index (χ0) is 17.5. The SMILES string of the molecule is CC[C@H](C)OC(=O)CN1C(=O)S/C(=C/C=C/c2ccccc2)C1=O. The van der Waals surface area contributed by atoms with Crippen LogP contribution in [0.15, 0.2) is 47.4 Å². The molecule has 126 valence electrons. The number of esters is 1. The van der Waals surface area contributed by atoms with Gasteiger partial charge in [0.1, 0.15) is 6.54 Å². The molecule has 0 bridgehead atoms. The smallest absolute Gasteiger partial charge is 0.326 e. The van der Waals surface area contributed by atoms with Crippen LogP contribution in [-0.2, 0) is 14.3 Å². The monoisotopic (exact) mass is 345 g/mol. The van der Waals surface area contributed by atoms with Gasteiger partial charge in [0.15, 0.2) is 0 Å². The fraction of sp³-hybridized carbons (Fsp3) is 0.278. The molecule has 6 heteroatoms. The third kappa shape index (κ3) is 4.83. The molecule has 1 aliphatic heterocycles. The van der Waals surface area contributed by atoms with Crippen LogP contribution >= 0.6 is 11.8 Å². The molecular formula is C18H19NO4S. The summed E-state index contributed by atoms with van der Waals surface area (Å²) in [5.41, 5.74) is 0.991. The van der Waals surface area contributed by atoms with Gasteiger partial charge in [-0.25, -0.2) is 0 Å². The molecule has 2 rings (SSSR count). The van der Waals surface area contributed by atoms with Gasteiger partial charge < -0.3 is 4.74 Å². The van der Waals surface area contributed by atoms with Crippen molar-refractivity contribution in [2.75, 3.05) is 6.54 Å². The molecule has 1 atom stereocenters. The van der Waals surface area contributed by atoms with Crippen molar-refractivity contribution in [1.82, 2.24) is 4.90 Å². The van der Waals surface area contributed by atoms with Crippen LogP contribution in [0.2, 0.25) is 0 Å². The summed E-state index contributed by atoms with van der Waals surface area (Å²) in [5.74, 6) is -1.04. The van der Waals surface area contributed by atoms with Crippen LogP contribution in [0.4, 0.5) is 4.79 Å². The molecule has 0 aliphatic carbocycles. The van der Waals surface area contributed by atoms with E-state index in [4.69, 9.17) is 4.74 Å². The molecule has 1 aromatic rings.